The summed E-state index contributed by atoms with van der Waals surface area (Å²) in [6.07, 6.45) is 2.68. The lowest BCUT2D eigenvalue weighted by Crippen LogP contribution is -2.25. The molecular formula is C19H18N4O5S2. The minimum atomic E-state index is -3.72. The van der Waals surface area contributed by atoms with E-state index in [1.54, 1.807) is 17.4 Å². The first-order valence-corrected chi connectivity index (χ1v) is 11.8. The summed E-state index contributed by atoms with van der Waals surface area (Å²) in [6.45, 7) is 0.375. The average molecular weight is 447 g/mol. The molecule has 0 saturated heterocycles. The van der Waals surface area contributed by atoms with Crippen molar-refractivity contribution in [1.29, 1.82) is 0 Å². The van der Waals surface area contributed by atoms with Gasteiger partial charge in [0.15, 0.2) is 11.4 Å². The highest BCUT2D eigenvalue weighted by atomic mass is 32.2. The summed E-state index contributed by atoms with van der Waals surface area (Å²) in [5, 5.41) is 5.87. The second kappa shape index (κ2) is 7.49. The smallest absolute Gasteiger partial charge is 0.408 e. The molecule has 5 rings (SSSR count). The number of rotatable bonds is 8. The van der Waals surface area contributed by atoms with Crippen molar-refractivity contribution in [1.82, 2.24) is 19.4 Å². The number of thiophene rings is 1. The third-order valence-electron chi connectivity index (χ3n) is 4.90. The molecule has 0 bridgehead atoms. The number of hydrogen-bond acceptors (Lipinski definition) is 8. The molecule has 0 spiro atoms. The van der Waals surface area contributed by atoms with Crippen LogP contribution in [0.3, 0.4) is 0 Å². The van der Waals surface area contributed by atoms with E-state index in [0.717, 1.165) is 17.7 Å². The summed E-state index contributed by atoms with van der Waals surface area (Å²) >= 11 is 1.58. The third kappa shape index (κ3) is 3.83. The monoisotopic (exact) mass is 446 g/mol. The van der Waals surface area contributed by atoms with Crippen LogP contribution in [0.4, 0.5) is 0 Å². The predicted molar refractivity (Wildman–Crippen MR) is 109 cm³/mol. The minimum Gasteiger partial charge on any atom is -0.408 e. The molecule has 1 aliphatic rings. The summed E-state index contributed by atoms with van der Waals surface area (Å²) in [5.74, 6) is 0.689. The van der Waals surface area contributed by atoms with E-state index in [4.69, 9.17) is 8.94 Å². The zero-order valence-corrected chi connectivity index (χ0v) is 17.4. The van der Waals surface area contributed by atoms with E-state index in [0.29, 0.717) is 29.6 Å². The fourth-order valence-electron chi connectivity index (χ4n) is 3.18. The van der Waals surface area contributed by atoms with Crippen LogP contribution in [0.2, 0.25) is 0 Å². The van der Waals surface area contributed by atoms with Gasteiger partial charge >= 0.3 is 5.76 Å². The fourth-order valence-corrected chi connectivity index (χ4v) is 4.94. The van der Waals surface area contributed by atoms with E-state index >= 15 is 0 Å². The van der Waals surface area contributed by atoms with Gasteiger partial charge in [-0.15, -0.1) is 11.3 Å². The molecular weight excluding hydrogens is 428 g/mol. The third-order valence-corrected chi connectivity index (χ3v) is 7.30. The summed E-state index contributed by atoms with van der Waals surface area (Å²) in [5.41, 5.74) is 0.655. The van der Waals surface area contributed by atoms with Gasteiger partial charge in [0, 0.05) is 23.4 Å². The van der Waals surface area contributed by atoms with E-state index < -0.39 is 15.8 Å². The molecule has 9 nitrogen and oxygen atoms in total. The van der Waals surface area contributed by atoms with Crippen LogP contribution in [0.25, 0.3) is 11.1 Å². The maximum atomic E-state index is 12.6. The number of nitrogens with one attached hydrogen (secondary N) is 1. The van der Waals surface area contributed by atoms with Crippen LogP contribution >= 0.6 is 11.3 Å². The topological polar surface area (TPSA) is 120 Å². The first-order chi connectivity index (χ1) is 14.5. The van der Waals surface area contributed by atoms with Crippen molar-refractivity contribution in [2.45, 2.75) is 36.6 Å². The van der Waals surface area contributed by atoms with Crippen LogP contribution in [0.5, 0.6) is 0 Å². The number of nitrogens with zero attached hydrogens (tertiary/aromatic N) is 3. The van der Waals surface area contributed by atoms with Gasteiger partial charge in [-0.1, -0.05) is 11.2 Å². The fraction of sp³-hybridized carbons (Fsp3) is 0.316. The zero-order valence-electron chi connectivity index (χ0n) is 15.8. The number of fused-ring (bicyclic) bond motifs is 1. The largest absolute Gasteiger partial charge is 0.420 e. The van der Waals surface area contributed by atoms with Gasteiger partial charge in [-0.3, -0.25) is 4.57 Å². The van der Waals surface area contributed by atoms with E-state index in [-0.39, 0.29) is 23.6 Å². The molecule has 3 aromatic heterocycles. The van der Waals surface area contributed by atoms with Crippen molar-refractivity contribution in [2.24, 2.45) is 0 Å². The Bertz CT molecular complexity index is 1350. The van der Waals surface area contributed by atoms with E-state index in [9.17, 15) is 13.2 Å². The average Bonchev–Trinajstić information content (AvgIpc) is 3.11. The molecule has 0 atom stereocenters. The Hall–Kier alpha value is -2.76. The number of hydrogen-bond donors (Lipinski definition) is 1. The van der Waals surface area contributed by atoms with Gasteiger partial charge in [-0.2, -0.15) is 4.98 Å². The van der Waals surface area contributed by atoms with Gasteiger partial charge in [-0.25, -0.2) is 17.9 Å². The molecule has 4 aromatic rings. The van der Waals surface area contributed by atoms with Crippen LogP contribution in [0, 0.1) is 0 Å². The van der Waals surface area contributed by atoms with Gasteiger partial charge < -0.3 is 8.94 Å². The van der Waals surface area contributed by atoms with E-state index in [2.05, 4.69) is 14.9 Å². The second-order valence-corrected chi connectivity index (χ2v) is 9.93. The van der Waals surface area contributed by atoms with Crippen molar-refractivity contribution in [3.63, 3.8) is 0 Å². The SMILES string of the molecule is O=c1oc2cc(S(=O)(=O)NCCc3cccs3)ccc2n1Cc1noc(C2CC2)n1. The molecule has 0 aliphatic heterocycles. The van der Waals surface area contributed by atoms with Crippen molar-refractivity contribution in [3.8, 4) is 0 Å². The maximum Gasteiger partial charge on any atom is 0.420 e. The Balaban J connectivity index is 1.35. The van der Waals surface area contributed by atoms with Crippen molar-refractivity contribution < 1.29 is 17.4 Å². The van der Waals surface area contributed by atoms with Crippen LogP contribution in [-0.2, 0) is 23.0 Å². The summed E-state index contributed by atoms with van der Waals surface area (Å²) in [7, 11) is -3.72. The van der Waals surface area contributed by atoms with Crippen LogP contribution in [0.15, 0.2) is 54.3 Å². The maximum absolute atomic E-state index is 12.6. The number of aromatic nitrogens is 3. The number of oxazole rings is 1. The zero-order chi connectivity index (χ0) is 20.7. The van der Waals surface area contributed by atoms with Crippen molar-refractivity contribution in [3.05, 3.63) is 62.9 Å². The molecule has 1 aliphatic carbocycles. The Labute approximate surface area is 175 Å². The van der Waals surface area contributed by atoms with E-state index in [1.165, 1.54) is 16.7 Å². The second-order valence-electron chi connectivity index (χ2n) is 7.13. The molecule has 1 fully saturated rings. The molecule has 0 amide bonds. The first kappa shape index (κ1) is 19.2. The van der Waals surface area contributed by atoms with Crippen LogP contribution < -0.4 is 10.5 Å². The number of benzene rings is 1. The summed E-state index contributed by atoms with van der Waals surface area (Å²) in [4.78, 5) is 17.8. The molecule has 0 unspecified atom stereocenters. The van der Waals surface area contributed by atoms with Crippen molar-refractivity contribution >= 4 is 32.5 Å². The van der Waals surface area contributed by atoms with Gasteiger partial charge in [-0.05, 0) is 42.8 Å². The highest BCUT2D eigenvalue weighted by Crippen LogP contribution is 2.38. The minimum absolute atomic E-state index is 0.0395. The predicted octanol–water partition coefficient (Wildman–Crippen LogP) is 2.49. The van der Waals surface area contributed by atoms with Crippen molar-refractivity contribution in [2.75, 3.05) is 6.54 Å². The van der Waals surface area contributed by atoms with Crippen LogP contribution in [-0.4, -0.2) is 29.7 Å². The first-order valence-electron chi connectivity index (χ1n) is 9.47. The normalized spacial score (nSPS) is 14.5. The Kier molecular flexibility index (Phi) is 4.80. The highest BCUT2D eigenvalue weighted by molar-refractivity contribution is 7.89. The Morgan fingerprint density at radius 2 is 2.13 bits per heavy atom. The molecule has 1 aromatic carbocycles. The molecule has 11 heteroatoms. The Morgan fingerprint density at radius 1 is 1.27 bits per heavy atom. The summed E-state index contributed by atoms with van der Waals surface area (Å²) < 4.78 is 39.6. The molecule has 3 heterocycles. The van der Waals surface area contributed by atoms with Gasteiger partial charge in [0.05, 0.1) is 17.0 Å². The lowest BCUT2D eigenvalue weighted by molar-refractivity contribution is 0.372. The lowest BCUT2D eigenvalue weighted by Gasteiger charge is -2.06. The summed E-state index contributed by atoms with van der Waals surface area (Å²) in [6, 6.07) is 8.24. The van der Waals surface area contributed by atoms with E-state index in [1.807, 2.05) is 17.5 Å². The standard InChI is InChI=1S/C19H18N4O5S2/c24-19-23(11-17-21-18(28-22-17)12-3-4-12)15-6-5-14(10-16(15)27-19)30(25,26)20-8-7-13-2-1-9-29-13/h1-2,5-6,9-10,12,20H,3-4,7-8,11H2. The molecule has 156 valence electrons. The quantitative estimate of drug-likeness (QED) is 0.441. The van der Waals surface area contributed by atoms with Gasteiger partial charge in [0.1, 0.15) is 0 Å². The van der Waals surface area contributed by atoms with Gasteiger partial charge in [0.25, 0.3) is 0 Å². The lowest BCUT2D eigenvalue weighted by atomic mass is 10.3. The Morgan fingerprint density at radius 3 is 2.90 bits per heavy atom. The number of sulfonamides is 1. The molecule has 1 N–H and O–H groups in total. The highest BCUT2D eigenvalue weighted by Gasteiger charge is 2.29. The molecule has 0 radical (unpaired) electrons. The molecule has 30 heavy (non-hydrogen) atoms. The molecule has 1 saturated carbocycles. The van der Waals surface area contributed by atoms with Crippen LogP contribution in [0.1, 0.15) is 35.4 Å². The van der Waals surface area contributed by atoms with Gasteiger partial charge in [0.2, 0.25) is 15.9 Å².